The Morgan fingerprint density at radius 1 is 1.10 bits per heavy atom. The molecule has 2 aromatic heterocycles. The zero-order chi connectivity index (χ0) is 28.0. The fourth-order valence-corrected chi connectivity index (χ4v) is 6.62. The van der Waals surface area contributed by atoms with E-state index < -0.39 is 0 Å². The third-order valence-corrected chi connectivity index (χ3v) is 9.21. The zero-order valence-electron chi connectivity index (χ0n) is 23.3. The maximum absolute atomic E-state index is 15.2. The number of fused-ring (bicyclic) bond motifs is 1. The lowest BCUT2D eigenvalue weighted by molar-refractivity contribution is -0.120. The van der Waals surface area contributed by atoms with Crippen LogP contribution in [-0.4, -0.2) is 39.9 Å². The van der Waals surface area contributed by atoms with Gasteiger partial charge in [-0.2, -0.15) is 0 Å². The minimum absolute atomic E-state index is 0.0878. The number of nitrogens with zero attached hydrogens (tertiary/aromatic N) is 3. The molecule has 7 rings (SSSR count). The van der Waals surface area contributed by atoms with Gasteiger partial charge >= 0.3 is 0 Å². The van der Waals surface area contributed by atoms with Crippen LogP contribution in [0.2, 0.25) is 0 Å². The number of halogens is 1. The first-order chi connectivity index (χ1) is 20.0. The monoisotopic (exact) mass is 551 g/mol. The molecule has 2 aliphatic carbocycles. The summed E-state index contributed by atoms with van der Waals surface area (Å²) in [5.74, 6) is 1.46. The van der Waals surface area contributed by atoms with Crippen LogP contribution in [0.25, 0.3) is 22.0 Å². The van der Waals surface area contributed by atoms with Gasteiger partial charge in [-0.1, -0.05) is 18.6 Å². The minimum atomic E-state index is -0.350. The molecule has 0 amide bonds. The van der Waals surface area contributed by atoms with E-state index in [2.05, 4.69) is 20.6 Å². The third-order valence-electron chi connectivity index (χ3n) is 9.21. The average Bonchev–Trinajstić information content (AvgIpc) is 3.75. The summed E-state index contributed by atoms with van der Waals surface area (Å²) in [6.45, 7) is 3.88. The van der Waals surface area contributed by atoms with E-state index in [1.54, 1.807) is 18.5 Å². The van der Waals surface area contributed by atoms with Gasteiger partial charge in [-0.05, 0) is 92.3 Å². The van der Waals surface area contributed by atoms with E-state index in [1.807, 2.05) is 37.3 Å². The topological polar surface area (TPSA) is 89.0 Å². The molecule has 2 aromatic carbocycles. The summed E-state index contributed by atoms with van der Waals surface area (Å²) in [6, 6.07) is 12.9. The molecule has 1 saturated heterocycles. The van der Waals surface area contributed by atoms with Crippen molar-refractivity contribution in [2.45, 2.75) is 57.9 Å². The van der Waals surface area contributed by atoms with Crippen molar-refractivity contribution in [2.75, 3.05) is 18.4 Å². The second-order valence-electron chi connectivity index (χ2n) is 11.9. The van der Waals surface area contributed by atoms with Crippen molar-refractivity contribution in [3.05, 3.63) is 71.8 Å². The molecular formula is C33H34FN5O2. The van der Waals surface area contributed by atoms with Crippen LogP contribution in [0, 0.1) is 24.1 Å². The van der Waals surface area contributed by atoms with Crippen molar-refractivity contribution in [2.24, 2.45) is 11.3 Å². The summed E-state index contributed by atoms with van der Waals surface area (Å²) in [7, 11) is 0. The van der Waals surface area contributed by atoms with Crippen LogP contribution >= 0.6 is 0 Å². The van der Waals surface area contributed by atoms with Crippen molar-refractivity contribution in [3.63, 3.8) is 0 Å². The van der Waals surface area contributed by atoms with Crippen LogP contribution in [0.5, 0.6) is 11.6 Å². The number of ketones is 1. The van der Waals surface area contributed by atoms with E-state index >= 15 is 4.39 Å². The van der Waals surface area contributed by atoms with Gasteiger partial charge in [0.25, 0.3) is 0 Å². The number of hydrogen-bond acceptors (Lipinski definition) is 7. The molecule has 41 heavy (non-hydrogen) atoms. The molecule has 7 nitrogen and oxygen atoms in total. The predicted octanol–water partition coefficient (Wildman–Crippen LogP) is 6.40. The van der Waals surface area contributed by atoms with Crippen molar-refractivity contribution >= 4 is 22.5 Å². The zero-order valence-corrected chi connectivity index (χ0v) is 23.3. The summed E-state index contributed by atoms with van der Waals surface area (Å²) in [5.41, 5.74) is 2.99. The number of anilines is 1. The van der Waals surface area contributed by atoms with Gasteiger partial charge in [0.05, 0.1) is 11.3 Å². The van der Waals surface area contributed by atoms with Crippen LogP contribution in [0.15, 0.2) is 54.9 Å². The van der Waals surface area contributed by atoms with Gasteiger partial charge in [-0.3, -0.25) is 4.79 Å². The van der Waals surface area contributed by atoms with Crippen LogP contribution in [0.1, 0.15) is 49.7 Å². The summed E-state index contributed by atoms with van der Waals surface area (Å²) in [4.78, 5) is 26.9. The lowest BCUT2D eigenvalue weighted by Gasteiger charge is -2.26. The molecule has 1 spiro atoms. The lowest BCUT2D eigenvalue weighted by Crippen LogP contribution is -2.38. The first-order valence-electron chi connectivity index (χ1n) is 14.7. The number of carbonyl (C=O) groups is 1. The minimum Gasteiger partial charge on any atom is -0.437 e. The highest BCUT2D eigenvalue weighted by Gasteiger charge is 2.60. The summed E-state index contributed by atoms with van der Waals surface area (Å²) >= 11 is 0. The highest BCUT2D eigenvalue weighted by molar-refractivity contribution is 5.96. The standard InChI is InChI=1S/C33H34FN5O2/c1-20-7-8-22-23(9-10-27(34)25(22)17-29(40)26-18-33(26)12-4-13-33)30(20)41-31-24(6-3-15-36-31)28-11-16-37-32(39-28)38-21-5-2-14-35-19-21/h3,6-11,15-16,21,26,35H,2,4-5,12-14,17-19H2,1H3,(H,37,38,39)/t21-,26-/m0/s1. The Kier molecular flexibility index (Phi) is 6.66. The fraction of sp³-hybridized carbons (Fsp3) is 0.394. The number of rotatable bonds is 8. The summed E-state index contributed by atoms with van der Waals surface area (Å²) < 4.78 is 21.7. The van der Waals surface area contributed by atoms with Gasteiger partial charge < -0.3 is 15.4 Å². The quantitative estimate of drug-likeness (QED) is 0.262. The Bertz CT molecular complexity index is 1630. The number of benzene rings is 2. The number of pyridine rings is 1. The summed E-state index contributed by atoms with van der Waals surface area (Å²) in [6.07, 6.45) is 10.1. The van der Waals surface area contributed by atoms with Gasteiger partial charge in [0.2, 0.25) is 11.8 Å². The molecule has 0 unspecified atom stereocenters. The smallest absolute Gasteiger partial charge is 0.228 e. The summed E-state index contributed by atoms with van der Waals surface area (Å²) in [5, 5.41) is 8.30. The molecule has 0 bridgehead atoms. The largest absolute Gasteiger partial charge is 0.437 e. The highest BCUT2D eigenvalue weighted by Crippen LogP contribution is 2.66. The van der Waals surface area contributed by atoms with Crippen molar-refractivity contribution < 1.29 is 13.9 Å². The molecule has 2 saturated carbocycles. The number of aryl methyl sites for hydroxylation is 1. The Balaban J connectivity index is 1.19. The van der Waals surface area contributed by atoms with Crippen LogP contribution in [-0.2, 0) is 11.2 Å². The van der Waals surface area contributed by atoms with E-state index in [1.165, 1.54) is 12.5 Å². The molecule has 1 aliphatic heterocycles. The Morgan fingerprint density at radius 2 is 1.98 bits per heavy atom. The molecule has 2 atom stereocenters. The second-order valence-corrected chi connectivity index (χ2v) is 11.9. The molecule has 3 heterocycles. The molecular weight excluding hydrogens is 517 g/mol. The Labute approximate surface area is 239 Å². The number of aromatic nitrogens is 3. The first-order valence-corrected chi connectivity index (χ1v) is 14.7. The van der Waals surface area contributed by atoms with E-state index in [0.29, 0.717) is 34.2 Å². The van der Waals surface area contributed by atoms with Gasteiger partial charge in [-0.15, -0.1) is 0 Å². The number of ether oxygens (including phenoxy) is 1. The second kappa shape index (κ2) is 10.5. The van der Waals surface area contributed by atoms with Gasteiger partial charge in [0.1, 0.15) is 17.3 Å². The average molecular weight is 552 g/mol. The van der Waals surface area contributed by atoms with Crippen LogP contribution in [0.4, 0.5) is 10.3 Å². The van der Waals surface area contributed by atoms with Gasteiger partial charge in [0.15, 0.2) is 0 Å². The molecule has 3 fully saturated rings. The van der Waals surface area contributed by atoms with Crippen molar-refractivity contribution in [3.8, 4) is 22.9 Å². The maximum atomic E-state index is 15.2. The van der Waals surface area contributed by atoms with Gasteiger partial charge in [0, 0.05) is 48.3 Å². The molecule has 3 aliphatic rings. The lowest BCUT2D eigenvalue weighted by atomic mass is 9.78. The maximum Gasteiger partial charge on any atom is 0.228 e. The van der Waals surface area contributed by atoms with E-state index in [4.69, 9.17) is 9.72 Å². The first kappa shape index (κ1) is 26.0. The van der Waals surface area contributed by atoms with Gasteiger partial charge in [-0.25, -0.2) is 19.3 Å². The predicted molar refractivity (Wildman–Crippen MR) is 157 cm³/mol. The molecule has 8 heteroatoms. The van der Waals surface area contributed by atoms with E-state index in [9.17, 15) is 4.79 Å². The van der Waals surface area contributed by atoms with Crippen molar-refractivity contribution in [1.82, 2.24) is 20.3 Å². The SMILES string of the molecule is Cc1ccc2c(CC(=O)[C@@H]3CC34CCC4)c(F)ccc2c1Oc1ncccc1-c1ccnc(N[C@H]2CCCNC2)n1. The molecule has 210 valence electrons. The number of Topliss-reactive ketones (excluding diaryl/α,β-unsaturated/α-hetero) is 1. The molecule has 2 N–H and O–H groups in total. The highest BCUT2D eigenvalue weighted by atomic mass is 19.1. The van der Waals surface area contributed by atoms with Crippen LogP contribution in [0.3, 0.4) is 0 Å². The molecule has 4 aromatic rings. The number of hydrogen-bond donors (Lipinski definition) is 2. The number of piperidine rings is 1. The number of carbonyl (C=O) groups excluding carboxylic acids is 1. The Hall–Kier alpha value is -3.91. The van der Waals surface area contributed by atoms with E-state index in [0.717, 1.165) is 61.7 Å². The fourth-order valence-electron chi connectivity index (χ4n) is 6.62. The van der Waals surface area contributed by atoms with Crippen LogP contribution < -0.4 is 15.4 Å². The molecule has 0 radical (unpaired) electrons. The third kappa shape index (κ3) is 4.95. The number of nitrogens with one attached hydrogen (secondary N) is 2. The Morgan fingerprint density at radius 3 is 2.76 bits per heavy atom. The van der Waals surface area contributed by atoms with Crippen molar-refractivity contribution in [1.29, 1.82) is 0 Å². The van der Waals surface area contributed by atoms with E-state index in [-0.39, 0.29) is 35.4 Å². The normalized spacial score (nSPS) is 20.9.